The van der Waals surface area contributed by atoms with E-state index < -0.39 is 5.97 Å². The zero-order valence-corrected chi connectivity index (χ0v) is 15.7. The van der Waals surface area contributed by atoms with Crippen LogP contribution in [-0.2, 0) is 16.1 Å². The van der Waals surface area contributed by atoms with E-state index in [0.29, 0.717) is 23.2 Å². The largest absolute Gasteiger partial charge is 0.464 e. The van der Waals surface area contributed by atoms with Gasteiger partial charge >= 0.3 is 5.97 Å². The number of hydrogen-bond donors (Lipinski definition) is 2. The summed E-state index contributed by atoms with van der Waals surface area (Å²) in [6.07, 6.45) is 2.06. The number of ether oxygens (including phenoxy) is 1. The highest BCUT2D eigenvalue weighted by Crippen LogP contribution is 2.34. The predicted octanol–water partition coefficient (Wildman–Crippen LogP) is 3.89. The van der Waals surface area contributed by atoms with Crippen LogP contribution in [-0.4, -0.2) is 30.9 Å². The molecule has 1 saturated carbocycles. The lowest BCUT2D eigenvalue weighted by Gasteiger charge is -2.22. The highest BCUT2D eigenvalue weighted by atomic mass is 35.5. The Labute approximate surface area is 157 Å². The van der Waals surface area contributed by atoms with Crippen molar-refractivity contribution in [1.82, 2.24) is 10.2 Å². The molecule has 2 N–H and O–H groups in total. The number of nitrogens with one attached hydrogen (secondary N) is 2. The van der Waals surface area contributed by atoms with Crippen LogP contribution in [0.4, 0.5) is 0 Å². The Hall–Kier alpha value is -1.98. The van der Waals surface area contributed by atoms with Crippen LogP contribution in [0.1, 0.15) is 18.4 Å². The van der Waals surface area contributed by atoms with Crippen molar-refractivity contribution < 1.29 is 9.53 Å². The van der Waals surface area contributed by atoms with E-state index in [1.807, 2.05) is 18.2 Å². The summed E-state index contributed by atoms with van der Waals surface area (Å²) in [7, 11) is 2.99. The monoisotopic (exact) mass is 381 g/mol. The Morgan fingerprint density at radius 2 is 2.16 bits per heavy atom. The molecule has 1 fully saturated rings. The first kappa shape index (κ1) is 19.3. The smallest absolute Gasteiger partial charge is 0.356 e. The summed E-state index contributed by atoms with van der Waals surface area (Å²) in [4.78, 5) is 13.7. The average Bonchev–Trinajstić information content (AvgIpc) is 3.42. The van der Waals surface area contributed by atoms with Crippen molar-refractivity contribution in [1.29, 1.82) is 5.41 Å². The average molecular weight is 382 g/mol. The van der Waals surface area contributed by atoms with Crippen molar-refractivity contribution in [3.05, 3.63) is 57.9 Å². The van der Waals surface area contributed by atoms with E-state index in [-0.39, 0.29) is 16.6 Å². The Morgan fingerprint density at radius 3 is 2.72 bits per heavy atom. The van der Waals surface area contributed by atoms with E-state index in [2.05, 4.69) is 11.9 Å². The fraction of sp³-hybridized carbons (Fsp3) is 0.333. The molecule has 7 heteroatoms. The third-order valence-electron chi connectivity index (χ3n) is 3.86. The zero-order chi connectivity index (χ0) is 18.6. The molecule has 0 saturated heterocycles. The molecule has 1 aromatic rings. The molecule has 0 aliphatic heterocycles. The number of halogens is 2. The normalized spacial score (nSPS) is 14.4. The molecular weight excluding hydrogens is 361 g/mol. The van der Waals surface area contributed by atoms with Gasteiger partial charge < -0.3 is 15.0 Å². The number of carbonyl (C=O) groups excluding carboxylic acids is 1. The summed E-state index contributed by atoms with van der Waals surface area (Å²) in [6, 6.07) is 7.35. The van der Waals surface area contributed by atoms with E-state index in [4.69, 9.17) is 33.3 Å². The van der Waals surface area contributed by atoms with Gasteiger partial charge in [-0.1, -0.05) is 41.9 Å². The lowest BCUT2D eigenvalue weighted by atomic mass is 10.2. The number of allylic oxidation sites excluding steroid dienone is 1. The van der Waals surface area contributed by atoms with Crippen LogP contribution in [0.5, 0.6) is 0 Å². The SMILES string of the molecule is C=C(NC(C(=O)OC)=C(Cl)C(=N)N(C)Cc1cccc(Cl)c1)C1CC1. The second-order valence-corrected chi connectivity index (χ2v) is 6.75. The number of amidine groups is 1. The standard InChI is InChI=1S/C18H21Cl2N3O2/c1-11(13-7-8-13)22-16(18(24)25-3)15(20)17(21)23(2)10-12-5-4-6-14(19)9-12/h4-6,9,13,21-22H,1,7-8,10H2,2-3H3. The van der Waals surface area contributed by atoms with Crippen molar-refractivity contribution in [3.8, 4) is 0 Å². The Balaban J connectivity index is 2.17. The van der Waals surface area contributed by atoms with Crippen molar-refractivity contribution >= 4 is 35.0 Å². The molecule has 0 atom stereocenters. The summed E-state index contributed by atoms with van der Waals surface area (Å²) < 4.78 is 4.78. The van der Waals surface area contributed by atoms with E-state index in [9.17, 15) is 4.79 Å². The molecule has 134 valence electrons. The summed E-state index contributed by atoms with van der Waals surface area (Å²) >= 11 is 12.3. The third-order valence-corrected chi connectivity index (χ3v) is 4.47. The van der Waals surface area contributed by atoms with Gasteiger partial charge in [0.2, 0.25) is 0 Å². The number of carbonyl (C=O) groups is 1. The number of methoxy groups -OCH3 is 1. The molecule has 5 nitrogen and oxygen atoms in total. The molecule has 1 aromatic carbocycles. The number of nitrogens with zero attached hydrogens (tertiary/aromatic N) is 1. The molecule has 0 heterocycles. The zero-order valence-electron chi connectivity index (χ0n) is 14.2. The number of rotatable bonds is 7. The molecule has 0 bridgehead atoms. The maximum atomic E-state index is 12.1. The van der Waals surface area contributed by atoms with Gasteiger partial charge in [-0.15, -0.1) is 0 Å². The van der Waals surface area contributed by atoms with Crippen LogP contribution in [0.2, 0.25) is 5.02 Å². The highest BCUT2D eigenvalue weighted by molar-refractivity contribution is 6.44. The fourth-order valence-corrected chi connectivity index (χ4v) is 2.75. The summed E-state index contributed by atoms with van der Waals surface area (Å²) in [5.74, 6) is -0.298. The van der Waals surface area contributed by atoms with Crippen molar-refractivity contribution in [2.24, 2.45) is 5.92 Å². The molecule has 0 unspecified atom stereocenters. The van der Waals surface area contributed by atoms with Crippen LogP contribution in [0.15, 0.2) is 47.3 Å². The molecule has 0 amide bonds. The fourth-order valence-electron chi connectivity index (χ4n) is 2.27. The van der Waals surface area contributed by atoms with Gasteiger partial charge in [0.05, 0.1) is 7.11 Å². The van der Waals surface area contributed by atoms with Crippen LogP contribution in [0, 0.1) is 11.3 Å². The second kappa shape index (κ2) is 8.41. The number of benzene rings is 1. The number of likely N-dealkylation sites (N-methyl/N-ethyl adjacent to an activating group) is 1. The predicted molar refractivity (Wildman–Crippen MR) is 101 cm³/mol. The van der Waals surface area contributed by atoms with Crippen molar-refractivity contribution in [3.63, 3.8) is 0 Å². The van der Waals surface area contributed by atoms with E-state index in [1.54, 1.807) is 18.0 Å². The van der Waals surface area contributed by atoms with Gasteiger partial charge in [0.15, 0.2) is 0 Å². The Kier molecular flexibility index (Phi) is 6.51. The van der Waals surface area contributed by atoms with Gasteiger partial charge in [-0.25, -0.2) is 4.79 Å². The highest BCUT2D eigenvalue weighted by Gasteiger charge is 2.28. The first-order valence-corrected chi connectivity index (χ1v) is 8.57. The Morgan fingerprint density at radius 1 is 1.48 bits per heavy atom. The quantitative estimate of drug-likeness (QED) is 0.325. The van der Waals surface area contributed by atoms with Crippen LogP contribution >= 0.6 is 23.2 Å². The van der Waals surface area contributed by atoms with Gasteiger partial charge in [-0.2, -0.15) is 0 Å². The summed E-state index contributed by atoms with van der Waals surface area (Å²) in [6.45, 7) is 4.35. The van der Waals surface area contributed by atoms with Crippen LogP contribution in [0.25, 0.3) is 0 Å². The molecule has 2 rings (SSSR count). The van der Waals surface area contributed by atoms with Gasteiger partial charge in [0.1, 0.15) is 16.6 Å². The molecule has 0 radical (unpaired) electrons. The number of esters is 1. The van der Waals surface area contributed by atoms with E-state index in [1.165, 1.54) is 7.11 Å². The van der Waals surface area contributed by atoms with Gasteiger partial charge in [-0.3, -0.25) is 5.41 Å². The van der Waals surface area contributed by atoms with Gasteiger partial charge in [0, 0.05) is 24.3 Å². The first-order valence-electron chi connectivity index (χ1n) is 7.82. The maximum absolute atomic E-state index is 12.1. The topological polar surface area (TPSA) is 65.4 Å². The minimum atomic E-state index is -0.632. The second-order valence-electron chi connectivity index (χ2n) is 5.94. The lowest BCUT2D eigenvalue weighted by Crippen LogP contribution is -2.31. The lowest BCUT2D eigenvalue weighted by molar-refractivity contribution is -0.136. The molecule has 1 aliphatic carbocycles. The minimum absolute atomic E-state index is 0.00172. The Bertz CT molecular complexity index is 727. The van der Waals surface area contributed by atoms with Crippen LogP contribution < -0.4 is 5.32 Å². The first-order chi connectivity index (χ1) is 11.8. The van der Waals surface area contributed by atoms with E-state index >= 15 is 0 Å². The molecule has 0 spiro atoms. The molecule has 1 aliphatic rings. The van der Waals surface area contributed by atoms with Crippen molar-refractivity contribution in [2.45, 2.75) is 19.4 Å². The maximum Gasteiger partial charge on any atom is 0.356 e. The summed E-state index contributed by atoms with van der Waals surface area (Å²) in [5, 5.41) is 11.8. The van der Waals surface area contributed by atoms with Gasteiger partial charge in [0.25, 0.3) is 0 Å². The molecular formula is C18H21Cl2N3O2. The van der Waals surface area contributed by atoms with Crippen molar-refractivity contribution in [2.75, 3.05) is 14.2 Å². The molecule has 0 aromatic heterocycles. The molecule has 25 heavy (non-hydrogen) atoms. The van der Waals surface area contributed by atoms with E-state index in [0.717, 1.165) is 18.4 Å². The number of hydrogen-bond acceptors (Lipinski definition) is 4. The van der Waals surface area contributed by atoms with Crippen LogP contribution in [0.3, 0.4) is 0 Å². The summed E-state index contributed by atoms with van der Waals surface area (Å²) in [5.41, 5.74) is 1.67. The minimum Gasteiger partial charge on any atom is -0.464 e. The van der Waals surface area contributed by atoms with Gasteiger partial charge in [-0.05, 0) is 36.5 Å². The third kappa shape index (κ3) is 5.25.